The van der Waals surface area contributed by atoms with Crippen molar-refractivity contribution in [1.82, 2.24) is 9.29 Å². The van der Waals surface area contributed by atoms with Crippen LogP contribution in [0.2, 0.25) is 0 Å². The van der Waals surface area contributed by atoms with Crippen molar-refractivity contribution in [3.05, 3.63) is 34.8 Å². The summed E-state index contributed by atoms with van der Waals surface area (Å²) in [4.78, 5) is 18.0. The maximum atomic E-state index is 12.7. The summed E-state index contributed by atoms with van der Waals surface area (Å²) in [5, 5.41) is 3.24. The number of hydrogen-bond donors (Lipinski definition) is 1. The van der Waals surface area contributed by atoms with Crippen molar-refractivity contribution >= 4 is 32.4 Å². The highest BCUT2D eigenvalue weighted by atomic mass is 32.2. The Balaban J connectivity index is 1.47. The largest absolute Gasteiger partial charge is 0.482 e. The molecule has 0 aliphatic carbocycles. The molecule has 150 valence electrons. The van der Waals surface area contributed by atoms with Gasteiger partial charge in [-0.2, -0.15) is 4.31 Å². The molecule has 0 saturated carbocycles. The van der Waals surface area contributed by atoms with Crippen LogP contribution in [0.15, 0.2) is 24.3 Å². The topological polar surface area (TPSA) is 97.8 Å². The highest BCUT2D eigenvalue weighted by Gasteiger charge is 2.35. The average molecular weight is 424 g/mol. The van der Waals surface area contributed by atoms with Gasteiger partial charge in [0.1, 0.15) is 6.10 Å². The van der Waals surface area contributed by atoms with Gasteiger partial charge in [0.15, 0.2) is 16.6 Å². The van der Waals surface area contributed by atoms with Crippen molar-refractivity contribution < 1.29 is 22.7 Å². The number of amides is 1. The van der Waals surface area contributed by atoms with Gasteiger partial charge in [0, 0.05) is 24.4 Å². The lowest BCUT2D eigenvalue weighted by atomic mass is 10.1. The van der Waals surface area contributed by atoms with E-state index in [1.54, 1.807) is 26.0 Å². The number of nitrogens with one attached hydrogen (secondary N) is 1. The smallest absolute Gasteiger partial charge is 0.271 e. The molecule has 0 spiro atoms. The second-order valence-corrected chi connectivity index (χ2v) is 10.0. The zero-order chi connectivity index (χ0) is 19.9. The Morgan fingerprint density at radius 3 is 2.75 bits per heavy atom. The Morgan fingerprint density at radius 2 is 2.04 bits per heavy atom. The molecule has 4 rings (SSSR count). The summed E-state index contributed by atoms with van der Waals surface area (Å²) in [5.74, 6) is 0.870. The molecule has 28 heavy (non-hydrogen) atoms. The number of carbonyl (C=O) groups is 1. The second-order valence-electron chi connectivity index (χ2n) is 6.67. The summed E-state index contributed by atoms with van der Waals surface area (Å²) < 4.78 is 37.3. The molecule has 1 aromatic heterocycles. The highest BCUT2D eigenvalue weighted by Crippen LogP contribution is 2.34. The number of para-hydroxylation sites is 2. The first-order valence-electron chi connectivity index (χ1n) is 9.07. The van der Waals surface area contributed by atoms with Crippen LogP contribution >= 0.6 is 11.3 Å². The van der Waals surface area contributed by atoms with Crippen molar-refractivity contribution in [3.63, 3.8) is 0 Å². The van der Waals surface area contributed by atoms with Crippen molar-refractivity contribution in [2.24, 2.45) is 0 Å². The van der Waals surface area contributed by atoms with Crippen LogP contribution in [0, 0.1) is 0 Å². The molecule has 2 aromatic rings. The summed E-state index contributed by atoms with van der Waals surface area (Å²) in [6.07, 6.45) is -0.712. The number of sulfonamides is 1. The molecule has 2 atom stereocenters. The second kappa shape index (κ2) is 7.34. The van der Waals surface area contributed by atoms with E-state index in [9.17, 15) is 13.2 Å². The zero-order valence-electron chi connectivity index (χ0n) is 15.5. The lowest BCUT2D eigenvalue weighted by Gasteiger charge is -2.30. The van der Waals surface area contributed by atoms with Crippen LogP contribution in [0.1, 0.15) is 24.4 Å². The molecule has 0 radical (unpaired) electrons. The van der Waals surface area contributed by atoms with E-state index < -0.39 is 22.2 Å². The first-order chi connectivity index (χ1) is 13.4. The number of carbonyl (C=O) groups excluding carboxylic acids is 1. The van der Waals surface area contributed by atoms with E-state index in [-0.39, 0.29) is 11.7 Å². The standard InChI is InChI=1S/C18H21N3O5S2/c1-3-28(23,24)21-9-8-12-15(10-21)27-18(19-12)20-17(22)16-11(2)25-13-6-4-5-7-14(13)26-16/h4-7,11,16H,3,8-10H2,1-2H3,(H,19,20,22). The molecule has 10 heteroatoms. The van der Waals surface area contributed by atoms with Gasteiger partial charge in [-0.3, -0.25) is 10.1 Å². The minimum absolute atomic E-state index is 0.0725. The van der Waals surface area contributed by atoms with Gasteiger partial charge in [-0.15, -0.1) is 11.3 Å². The van der Waals surface area contributed by atoms with Crippen LogP contribution in [0.25, 0.3) is 0 Å². The maximum absolute atomic E-state index is 12.7. The number of benzene rings is 1. The summed E-state index contributed by atoms with van der Waals surface area (Å²) in [5.41, 5.74) is 0.835. The van der Waals surface area contributed by atoms with Gasteiger partial charge in [-0.1, -0.05) is 12.1 Å². The van der Waals surface area contributed by atoms with Gasteiger partial charge in [0.2, 0.25) is 16.1 Å². The number of anilines is 1. The molecule has 2 aliphatic heterocycles. The van der Waals surface area contributed by atoms with Gasteiger partial charge in [0.25, 0.3) is 5.91 Å². The number of ether oxygens (including phenoxy) is 2. The van der Waals surface area contributed by atoms with Crippen LogP contribution in [-0.2, 0) is 27.8 Å². The SMILES string of the molecule is CCS(=O)(=O)N1CCc2nc(NC(=O)C3Oc4ccccc4OC3C)sc2C1. The molecule has 8 nitrogen and oxygen atoms in total. The third-order valence-corrected chi connectivity index (χ3v) is 7.61. The summed E-state index contributed by atoms with van der Waals surface area (Å²) in [6.45, 7) is 4.12. The lowest BCUT2D eigenvalue weighted by Crippen LogP contribution is -2.46. The molecule has 2 aliphatic rings. The van der Waals surface area contributed by atoms with Gasteiger partial charge >= 0.3 is 0 Å². The van der Waals surface area contributed by atoms with Crippen molar-refractivity contribution in [1.29, 1.82) is 0 Å². The molecule has 3 heterocycles. The Morgan fingerprint density at radius 1 is 1.32 bits per heavy atom. The Bertz CT molecular complexity index is 1000. The molecule has 2 unspecified atom stereocenters. The predicted octanol–water partition coefficient (Wildman–Crippen LogP) is 2.02. The Kier molecular flexibility index (Phi) is 5.02. The highest BCUT2D eigenvalue weighted by molar-refractivity contribution is 7.89. The maximum Gasteiger partial charge on any atom is 0.271 e. The van der Waals surface area contributed by atoms with Crippen molar-refractivity contribution in [2.75, 3.05) is 17.6 Å². The van der Waals surface area contributed by atoms with E-state index in [4.69, 9.17) is 9.47 Å². The van der Waals surface area contributed by atoms with Crippen LogP contribution in [0.4, 0.5) is 5.13 Å². The van der Waals surface area contributed by atoms with Gasteiger partial charge in [0.05, 0.1) is 11.4 Å². The third-order valence-electron chi connectivity index (χ3n) is 4.79. The number of nitrogens with zero attached hydrogens (tertiary/aromatic N) is 2. The molecule has 1 aromatic carbocycles. The molecular weight excluding hydrogens is 402 g/mol. The van der Waals surface area contributed by atoms with Crippen LogP contribution in [0.5, 0.6) is 11.5 Å². The van der Waals surface area contributed by atoms with Gasteiger partial charge in [-0.05, 0) is 26.0 Å². The zero-order valence-corrected chi connectivity index (χ0v) is 17.2. The van der Waals surface area contributed by atoms with E-state index in [0.717, 1.165) is 10.6 Å². The summed E-state index contributed by atoms with van der Waals surface area (Å²) in [7, 11) is -3.24. The fourth-order valence-corrected chi connectivity index (χ4v) is 5.40. The quantitative estimate of drug-likeness (QED) is 0.808. The molecular formula is C18H21N3O5S2. The molecule has 1 amide bonds. The third kappa shape index (κ3) is 3.59. The van der Waals surface area contributed by atoms with E-state index in [1.807, 2.05) is 12.1 Å². The fraction of sp³-hybridized carbons (Fsp3) is 0.444. The van der Waals surface area contributed by atoms with Crippen molar-refractivity contribution in [2.45, 2.75) is 39.0 Å². The Hall–Kier alpha value is -2.17. The first kappa shape index (κ1) is 19.2. The molecule has 0 bridgehead atoms. The summed E-state index contributed by atoms with van der Waals surface area (Å²) >= 11 is 1.30. The van der Waals surface area contributed by atoms with Crippen LogP contribution in [-0.4, -0.2) is 48.1 Å². The normalized spacial score (nSPS) is 21.8. The molecule has 0 fully saturated rings. The van der Waals surface area contributed by atoms with Crippen LogP contribution in [0.3, 0.4) is 0 Å². The molecule has 0 saturated heterocycles. The van der Waals surface area contributed by atoms with Gasteiger partial charge < -0.3 is 9.47 Å². The van der Waals surface area contributed by atoms with Crippen LogP contribution < -0.4 is 14.8 Å². The van der Waals surface area contributed by atoms with E-state index in [1.165, 1.54) is 15.6 Å². The van der Waals surface area contributed by atoms with Gasteiger partial charge in [-0.25, -0.2) is 13.4 Å². The number of rotatable bonds is 4. The summed E-state index contributed by atoms with van der Waals surface area (Å²) in [6, 6.07) is 7.22. The van der Waals surface area contributed by atoms with E-state index >= 15 is 0 Å². The van der Waals surface area contributed by atoms with E-state index in [2.05, 4.69) is 10.3 Å². The number of fused-ring (bicyclic) bond motifs is 2. The predicted molar refractivity (Wildman–Crippen MR) is 105 cm³/mol. The first-order valence-corrected chi connectivity index (χ1v) is 11.5. The van der Waals surface area contributed by atoms with Crippen molar-refractivity contribution in [3.8, 4) is 11.5 Å². The minimum atomic E-state index is -3.24. The monoisotopic (exact) mass is 423 g/mol. The van der Waals surface area contributed by atoms with E-state index in [0.29, 0.717) is 36.1 Å². The number of aromatic nitrogens is 1. The minimum Gasteiger partial charge on any atom is -0.482 e. The molecule has 1 N–H and O–H groups in total. The number of thiazole rings is 1. The Labute approximate surface area is 167 Å². The average Bonchev–Trinajstić information content (AvgIpc) is 3.08. The number of hydrogen-bond acceptors (Lipinski definition) is 7. The fourth-order valence-electron chi connectivity index (χ4n) is 3.23. The lowest BCUT2D eigenvalue weighted by molar-refractivity contribution is -0.128.